The number of unbranched alkanes of at least 4 members (excludes halogenated alkanes) is 1. The average Bonchev–Trinajstić information content (AvgIpc) is 2.69. The van der Waals surface area contributed by atoms with Gasteiger partial charge in [-0.2, -0.15) is 11.8 Å². The summed E-state index contributed by atoms with van der Waals surface area (Å²) in [4.78, 5) is 0. The summed E-state index contributed by atoms with van der Waals surface area (Å²) < 4.78 is 4.59. The monoisotopic (exact) mass is 227 g/mol. The van der Waals surface area contributed by atoms with Crippen molar-refractivity contribution < 1.29 is 4.57 Å². The van der Waals surface area contributed by atoms with Crippen molar-refractivity contribution >= 4 is 11.8 Å². The molecule has 0 saturated carbocycles. The highest BCUT2D eigenvalue weighted by atomic mass is 32.2. The minimum Gasteiger partial charge on any atom is -0.237 e. The molecule has 86 valence electrons. The summed E-state index contributed by atoms with van der Waals surface area (Å²) in [7, 11) is 0. The molecule has 1 rings (SSSR count). The quantitative estimate of drug-likeness (QED) is 0.490. The van der Waals surface area contributed by atoms with Crippen molar-refractivity contribution in [3.05, 3.63) is 18.7 Å². The second-order valence-corrected chi connectivity index (χ2v) is 5.19. The van der Waals surface area contributed by atoms with Crippen LogP contribution in [-0.4, -0.2) is 16.1 Å². The third kappa shape index (κ3) is 5.26. The maximum atomic E-state index is 2.30. The topological polar surface area (TPSA) is 8.81 Å². The molecule has 0 atom stereocenters. The minimum atomic E-state index is 1.16. The van der Waals surface area contributed by atoms with Crippen LogP contribution < -0.4 is 4.57 Å². The van der Waals surface area contributed by atoms with Gasteiger partial charge in [0.1, 0.15) is 12.4 Å². The van der Waals surface area contributed by atoms with Crippen molar-refractivity contribution in [2.45, 2.75) is 46.2 Å². The normalized spacial score (nSPS) is 10.8. The standard InChI is InChI=1S/C12H23N2S/c1-3-5-7-13-9-10-14(12-13)8-6-11-15-4-2/h9-10,12H,3-8,11H2,1-2H3/q+1. The van der Waals surface area contributed by atoms with Crippen LogP contribution in [0.3, 0.4) is 0 Å². The Morgan fingerprint density at radius 2 is 2.13 bits per heavy atom. The van der Waals surface area contributed by atoms with E-state index in [0.717, 1.165) is 13.1 Å². The summed E-state index contributed by atoms with van der Waals surface area (Å²) in [5.74, 6) is 2.52. The molecular formula is C12H23N2S+. The number of thioether (sulfide) groups is 1. The molecule has 0 aliphatic carbocycles. The van der Waals surface area contributed by atoms with Crippen LogP contribution in [0.15, 0.2) is 18.7 Å². The molecule has 1 aromatic rings. The molecule has 3 heteroatoms. The Kier molecular flexibility index (Phi) is 6.57. The largest absolute Gasteiger partial charge is 0.243 e. The summed E-state index contributed by atoms with van der Waals surface area (Å²) in [6.45, 7) is 6.78. The highest BCUT2D eigenvalue weighted by Crippen LogP contribution is 2.00. The predicted molar refractivity (Wildman–Crippen MR) is 67.2 cm³/mol. The van der Waals surface area contributed by atoms with E-state index in [-0.39, 0.29) is 0 Å². The molecule has 0 radical (unpaired) electrons. The first-order valence-corrected chi connectivity index (χ1v) is 7.14. The van der Waals surface area contributed by atoms with Gasteiger partial charge in [-0.25, -0.2) is 9.13 Å². The van der Waals surface area contributed by atoms with E-state index >= 15 is 0 Å². The first kappa shape index (κ1) is 12.6. The van der Waals surface area contributed by atoms with E-state index < -0.39 is 0 Å². The molecule has 0 spiro atoms. The molecule has 0 N–H and O–H groups in total. The van der Waals surface area contributed by atoms with Gasteiger partial charge in [-0.1, -0.05) is 20.3 Å². The van der Waals surface area contributed by atoms with E-state index in [4.69, 9.17) is 0 Å². The molecule has 0 unspecified atom stereocenters. The number of nitrogens with zero attached hydrogens (tertiary/aromatic N) is 2. The summed E-state index contributed by atoms with van der Waals surface area (Å²) in [6.07, 6.45) is 10.4. The molecule has 0 bridgehead atoms. The average molecular weight is 227 g/mol. The zero-order valence-corrected chi connectivity index (χ0v) is 10.8. The predicted octanol–water partition coefficient (Wildman–Crippen LogP) is 2.72. The maximum absolute atomic E-state index is 2.30. The van der Waals surface area contributed by atoms with E-state index in [1.54, 1.807) is 0 Å². The van der Waals surface area contributed by atoms with E-state index in [1.807, 2.05) is 11.8 Å². The number of imidazole rings is 1. The minimum absolute atomic E-state index is 1.16. The summed E-state index contributed by atoms with van der Waals surface area (Å²) >= 11 is 2.03. The zero-order chi connectivity index (χ0) is 10.9. The fourth-order valence-electron chi connectivity index (χ4n) is 1.54. The van der Waals surface area contributed by atoms with Gasteiger partial charge < -0.3 is 0 Å². The lowest BCUT2D eigenvalue weighted by Gasteiger charge is -1.96. The molecule has 0 amide bonds. The van der Waals surface area contributed by atoms with Crippen LogP contribution in [0.4, 0.5) is 0 Å². The summed E-state index contributed by atoms with van der Waals surface area (Å²) in [6, 6.07) is 0. The number of aryl methyl sites for hydroxylation is 2. The fourth-order valence-corrected chi connectivity index (χ4v) is 2.16. The number of hydrogen-bond donors (Lipinski definition) is 0. The molecule has 0 fully saturated rings. The first-order valence-electron chi connectivity index (χ1n) is 5.99. The van der Waals surface area contributed by atoms with Gasteiger partial charge in [0.25, 0.3) is 0 Å². The van der Waals surface area contributed by atoms with Gasteiger partial charge in [0.2, 0.25) is 6.33 Å². The van der Waals surface area contributed by atoms with E-state index in [1.165, 1.54) is 30.8 Å². The maximum Gasteiger partial charge on any atom is 0.243 e. The highest BCUT2D eigenvalue weighted by Gasteiger charge is 2.02. The third-order valence-corrected chi connectivity index (χ3v) is 3.41. The third-order valence-electron chi connectivity index (χ3n) is 2.43. The molecule has 0 saturated heterocycles. The summed E-state index contributed by atoms with van der Waals surface area (Å²) in [5, 5.41) is 0. The van der Waals surface area contributed by atoms with E-state index in [2.05, 4.69) is 41.7 Å². The lowest BCUT2D eigenvalue weighted by Crippen LogP contribution is -2.31. The Hall–Kier alpha value is -0.440. The van der Waals surface area contributed by atoms with Crippen molar-refractivity contribution in [3.63, 3.8) is 0 Å². The van der Waals surface area contributed by atoms with Crippen LogP contribution in [0.1, 0.15) is 33.1 Å². The Morgan fingerprint density at radius 1 is 1.27 bits per heavy atom. The lowest BCUT2D eigenvalue weighted by molar-refractivity contribution is -0.696. The molecule has 0 aliphatic heterocycles. The van der Waals surface area contributed by atoms with Gasteiger partial charge in [0.15, 0.2) is 0 Å². The molecule has 1 heterocycles. The number of aromatic nitrogens is 2. The molecule has 2 nitrogen and oxygen atoms in total. The fraction of sp³-hybridized carbons (Fsp3) is 0.750. The van der Waals surface area contributed by atoms with Crippen molar-refractivity contribution in [2.24, 2.45) is 0 Å². The Morgan fingerprint density at radius 3 is 2.87 bits per heavy atom. The first-order chi connectivity index (χ1) is 7.36. The van der Waals surface area contributed by atoms with Crippen LogP contribution in [0.25, 0.3) is 0 Å². The second kappa shape index (κ2) is 7.80. The molecule has 0 aromatic carbocycles. The van der Waals surface area contributed by atoms with Crippen molar-refractivity contribution in [2.75, 3.05) is 11.5 Å². The van der Waals surface area contributed by atoms with Crippen molar-refractivity contribution in [1.29, 1.82) is 0 Å². The lowest BCUT2D eigenvalue weighted by atomic mass is 10.3. The number of rotatable bonds is 8. The SMILES string of the molecule is CCCCn1cc[n+](CCCSCC)c1. The Bertz CT molecular complexity index is 258. The Balaban J connectivity index is 2.20. The van der Waals surface area contributed by atoms with E-state index in [0.29, 0.717) is 0 Å². The molecule has 1 aromatic heterocycles. The van der Waals surface area contributed by atoms with Gasteiger partial charge in [-0.15, -0.1) is 0 Å². The zero-order valence-electron chi connectivity index (χ0n) is 9.98. The van der Waals surface area contributed by atoms with Gasteiger partial charge in [-0.3, -0.25) is 0 Å². The van der Waals surface area contributed by atoms with Crippen LogP contribution in [0.2, 0.25) is 0 Å². The number of hydrogen-bond acceptors (Lipinski definition) is 1. The smallest absolute Gasteiger partial charge is 0.237 e. The van der Waals surface area contributed by atoms with Crippen LogP contribution in [0.5, 0.6) is 0 Å². The Labute approximate surface area is 97.7 Å². The second-order valence-electron chi connectivity index (χ2n) is 3.79. The van der Waals surface area contributed by atoms with Crippen LogP contribution in [-0.2, 0) is 13.1 Å². The van der Waals surface area contributed by atoms with Crippen molar-refractivity contribution in [3.8, 4) is 0 Å². The van der Waals surface area contributed by atoms with Gasteiger partial charge in [0.05, 0.1) is 13.1 Å². The van der Waals surface area contributed by atoms with Gasteiger partial charge >= 0.3 is 0 Å². The van der Waals surface area contributed by atoms with Gasteiger partial charge in [-0.05, 0) is 24.3 Å². The van der Waals surface area contributed by atoms with Crippen molar-refractivity contribution in [1.82, 2.24) is 4.57 Å². The van der Waals surface area contributed by atoms with Crippen LogP contribution >= 0.6 is 11.8 Å². The van der Waals surface area contributed by atoms with Crippen LogP contribution in [0, 0.1) is 0 Å². The molecular weight excluding hydrogens is 204 g/mol. The summed E-state index contributed by atoms with van der Waals surface area (Å²) in [5.41, 5.74) is 0. The highest BCUT2D eigenvalue weighted by molar-refractivity contribution is 7.99. The van der Waals surface area contributed by atoms with E-state index in [9.17, 15) is 0 Å². The molecule has 15 heavy (non-hydrogen) atoms. The van der Waals surface area contributed by atoms with Gasteiger partial charge in [0, 0.05) is 0 Å². The molecule has 0 aliphatic rings.